The number of amides is 1. The molecule has 0 spiro atoms. The average Bonchev–Trinajstić information content (AvgIpc) is 2.78. The summed E-state index contributed by atoms with van der Waals surface area (Å²) in [5.41, 5.74) is 1.17. The molecular formula is C13H9N5O. The Bertz CT molecular complexity index is 700. The van der Waals surface area contributed by atoms with Gasteiger partial charge in [-0.05, 0) is 24.3 Å². The van der Waals surface area contributed by atoms with Gasteiger partial charge in [0.05, 0.1) is 11.6 Å². The molecule has 0 radical (unpaired) electrons. The molecule has 0 bridgehead atoms. The van der Waals surface area contributed by atoms with Crippen LogP contribution in [0.2, 0.25) is 0 Å². The van der Waals surface area contributed by atoms with Gasteiger partial charge >= 0.3 is 0 Å². The average molecular weight is 251 g/mol. The molecule has 19 heavy (non-hydrogen) atoms. The number of nitriles is 2. The minimum Gasteiger partial charge on any atom is -0.304 e. The first-order valence-electron chi connectivity index (χ1n) is 5.39. The highest BCUT2D eigenvalue weighted by molar-refractivity contribution is 6.04. The van der Waals surface area contributed by atoms with Crippen LogP contribution >= 0.6 is 0 Å². The molecule has 1 aromatic carbocycles. The van der Waals surface area contributed by atoms with Crippen LogP contribution in [-0.2, 0) is 7.05 Å². The Kier molecular flexibility index (Phi) is 3.26. The summed E-state index contributed by atoms with van der Waals surface area (Å²) in [4.78, 5) is 11.9. The Hall–Kier alpha value is -3.12. The topological polar surface area (TPSA) is 94.5 Å². The zero-order valence-corrected chi connectivity index (χ0v) is 10.1. The van der Waals surface area contributed by atoms with Gasteiger partial charge in [0.15, 0.2) is 5.82 Å². The molecule has 1 heterocycles. The summed E-state index contributed by atoms with van der Waals surface area (Å²) >= 11 is 0. The van der Waals surface area contributed by atoms with E-state index in [1.165, 1.54) is 10.9 Å². The molecule has 0 saturated heterocycles. The quantitative estimate of drug-likeness (QED) is 0.873. The van der Waals surface area contributed by atoms with Crippen LogP contribution in [0, 0.1) is 22.7 Å². The van der Waals surface area contributed by atoms with E-state index in [1.54, 1.807) is 31.3 Å². The Labute approximate surface area is 109 Å². The maximum absolute atomic E-state index is 11.9. The van der Waals surface area contributed by atoms with Crippen LogP contribution in [0.3, 0.4) is 0 Å². The number of nitrogens with zero attached hydrogens (tertiary/aromatic N) is 4. The predicted octanol–water partition coefficient (Wildman–Crippen LogP) is 1.42. The van der Waals surface area contributed by atoms with E-state index in [0.29, 0.717) is 16.7 Å². The first kappa shape index (κ1) is 12.3. The summed E-state index contributed by atoms with van der Waals surface area (Å²) in [6.45, 7) is 0. The number of aromatic nitrogens is 2. The van der Waals surface area contributed by atoms with Crippen molar-refractivity contribution in [1.29, 1.82) is 10.5 Å². The van der Waals surface area contributed by atoms with Crippen molar-refractivity contribution >= 4 is 11.7 Å². The van der Waals surface area contributed by atoms with Gasteiger partial charge in [0.2, 0.25) is 0 Å². The molecule has 6 heteroatoms. The Balaban J connectivity index is 2.21. The SMILES string of the molecule is Cn1cc(C#N)c(NC(=O)c2ccc(C#N)cc2)n1. The third-order valence-corrected chi connectivity index (χ3v) is 2.46. The van der Waals surface area contributed by atoms with Crippen molar-refractivity contribution in [3.05, 3.63) is 47.2 Å². The maximum Gasteiger partial charge on any atom is 0.256 e. The number of carbonyl (C=O) groups is 1. The smallest absolute Gasteiger partial charge is 0.256 e. The Morgan fingerprint density at radius 1 is 1.26 bits per heavy atom. The molecule has 0 unspecified atom stereocenters. The van der Waals surface area contributed by atoms with Gasteiger partial charge in [-0.2, -0.15) is 15.6 Å². The lowest BCUT2D eigenvalue weighted by molar-refractivity contribution is 0.102. The first-order valence-corrected chi connectivity index (χ1v) is 5.39. The van der Waals surface area contributed by atoms with E-state index in [0.717, 1.165) is 0 Å². The molecule has 0 fully saturated rings. The van der Waals surface area contributed by atoms with Crippen molar-refractivity contribution in [3.63, 3.8) is 0 Å². The van der Waals surface area contributed by atoms with Crippen LogP contribution in [0.4, 0.5) is 5.82 Å². The molecule has 92 valence electrons. The fraction of sp³-hybridized carbons (Fsp3) is 0.0769. The van der Waals surface area contributed by atoms with Crippen molar-refractivity contribution < 1.29 is 4.79 Å². The number of aryl methyl sites for hydroxylation is 1. The van der Waals surface area contributed by atoms with Crippen molar-refractivity contribution in [3.8, 4) is 12.1 Å². The monoisotopic (exact) mass is 251 g/mol. The van der Waals surface area contributed by atoms with E-state index in [2.05, 4.69) is 10.4 Å². The van der Waals surface area contributed by atoms with E-state index in [1.807, 2.05) is 12.1 Å². The van der Waals surface area contributed by atoms with E-state index in [9.17, 15) is 4.79 Å². The predicted molar refractivity (Wildman–Crippen MR) is 67.0 cm³/mol. The van der Waals surface area contributed by atoms with Gasteiger partial charge in [0.25, 0.3) is 5.91 Å². The summed E-state index contributed by atoms with van der Waals surface area (Å²) in [6, 6.07) is 10.1. The minimum atomic E-state index is -0.375. The molecule has 0 aliphatic rings. The number of hydrogen-bond donors (Lipinski definition) is 1. The largest absolute Gasteiger partial charge is 0.304 e. The van der Waals surface area contributed by atoms with Crippen molar-refractivity contribution in [2.45, 2.75) is 0 Å². The maximum atomic E-state index is 11.9. The second-order valence-electron chi connectivity index (χ2n) is 3.82. The second-order valence-corrected chi connectivity index (χ2v) is 3.82. The second kappa shape index (κ2) is 5.03. The Morgan fingerprint density at radius 2 is 1.95 bits per heavy atom. The van der Waals surface area contributed by atoms with Gasteiger partial charge in [-0.25, -0.2) is 0 Å². The lowest BCUT2D eigenvalue weighted by Crippen LogP contribution is -2.13. The van der Waals surface area contributed by atoms with Crippen LogP contribution in [0.25, 0.3) is 0 Å². The third-order valence-electron chi connectivity index (χ3n) is 2.46. The first-order chi connectivity index (χ1) is 9.13. The van der Waals surface area contributed by atoms with E-state index < -0.39 is 0 Å². The van der Waals surface area contributed by atoms with E-state index in [4.69, 9.17) is 10.5 Å². The van der Waals surface area contributed by atoms with Gasteiger partial charge in [-0.15, -0.1) is 0 Å². The number of hydrogen-bond acceptors (Lipinski definition) is 4. The van der Waals surface area contributed by atoms with Crippen LogP contribution in [0.15, 0.2) is 30.5 Å². The van der Waals surface area contributed by atoms with E-state index >= 15 is 0 Å². The molecular weight excluding hydrogens is 242 g/mol. The number of anilines is 1. The molecule has 0 aliphatic carbocycles. The standard InChI is InChI=1S/C13H9N5O/c1-18-8-11(7-15)12(17-18)16-13(19)10-4-2-9(6-14)3-5-10/h2-5,8H,1H3,(H,16,17,19). The summed E-state index contributed by atoms with van der Waals surface area (Å²) < 4.78 is 1.45. The van der Waals surface area contributed by atoms with E-state index in [-0.39, 0.29) is 11.7 Å². The van der Waals surface area contributed by atoms with Gasteiger partial charge < -0.3 is 5.32 Å². The Morgan fingerprint density at radius 3 is 2.53 bits per heavy atom. The van der Waals surface area contributed by atoms with Crippen LogP contribution < -0.4 is 5.32 Å². The fourth-order valence-electron chi connectivity index (χ4n) is 1.54. The zero-order chi connectivity index (χ0) is 13.8. The molecule has 0 atom stereocenters. The number of benzene rings is 1. The lowest BCUT2D eigenvalue weighted by atomic mass is 10.1. The van der Waals surface area contributed by atoms with Gasteiger partial charge in [0, 0.05) is 18.8 Å². The summed E-state index contributed by atoms with van der Waals surface area (Å²) in [7, 11) is 1.66. The summed E-state index contributed by atoms with van der Waals surface area (Å²) in [5, 5.41) is 24.1. The van der Waals surface area contributed by atoms with Crippen molar-refractivity contribution in [2.75, 3.05) is 5.32 Å². The molecule has 1 amide bonds. The molecule has 1 N–H and O–H groups in total. The molecule has 6 nitrogen and oxygen atoms in total. The normalized spacial score (nSPS) is 9.42. The third kappa shape index (κ3) is 2.59. The molecule has 2 aromatic rings. The number of rotatable bonds is 2. The minimum absolute atomic E-state index is 0.222. The van der Waals surface area contributed by atoms with Gasteiger partial charge in [0.1, 0.15) is 11.6 Å². The molecule has 1 aromatic heterocycles. The van der Waals surface area contributed by atoms with Crippen LogP contribution in [0.1, 0.15) is 21.5 Å². The molecule has 2 rings (SSSR count). The molecule has 0 saturated carbocycles. The van der Waals surface area contributed by atoms with Crippen LogP contribution in [-0.4, -0.2) is 15.7 Å². The van der Waals surface area contributed by atoms with Gasteiger partial charge in [-0.3, -0.25) is 9.48 Å². The fourth-order valence-corrected chi connectivity index (χ4v) is 1.54. The lowest BCUT2D eigenvalue weighted by Gasteiger charge is -2.02. The van der Waals surface area contributed by atoms with Crippen molar-refractivity contribution in [1.82, 2.24) is 9.78 Å². The van der Waals surface area contributed by atoms with Gasteiger partial charge in [-0.1, -0.05) is 0 Å². The highest BCUT2D eigenvalue weighted by Crippen LogP contribution is 2.13. The summed E-state index contributed by atoms with van der Waals surface area (Å²) in [6.07, 6.45) is 1.52. The number of carbonyl (C=O) groups excluding carboxylic acids is 1. The van der Waals surface area contributed by atoms with Crippen LogP contribution in [0.5, 0.6) is 0 Å². The number of nitrogens with one attached hydrogen (secondary N) is 1. The molecule has 0 aliphatic heterocycles. The highest BCUT2D eigenvalue weighted by Gasteiger charge is 2.12. The summed E-state index contributed by atoms with van der Waals surface area (Å²) in [5.74, 6) is -0.154. The van der Waals surface area contributed by atoms with Crippen molar-refractivity contribution in [2.24, 2.45) is 7.05 Å². The zero-order valence-electron chi connectivity index (χ0n) is 10.1. The highest BCUT2D eigenvalue weighted by atomic mass is 16.1.